The van der Waals surface area contributed by atoms with Crippen LogP contribution in [0, 0.1) is 6.92 Å². The molecule has 1 aliphatic heterocycles. The number of aromatic nitrogens is 2. The van der Waals surface area contributed by atoms with Crippen LogP contribution in [0.5, 0.6) is 0 Å². The van der Waals surface area contributed by atoms with Gasteiger partial charge >= 0.3 is 29.2 Å². The summed E-state index contributed by atoms with van der Waals surface area (Å²) in [6.07, 6.45) is -0.584. The molecule has 0 aliphatic carbocycles. The minimum absolute atomic E-state index is 0.0329. The first-order chi connectivity index (χ1) is 14.7. The van der Waals surface area contributed by atoms with Gasteiger partial charge in [0.1, 0.15) is 18.4 Å². The number of phosphoric acid groups is 3. The molecule has 19 heteroatoms. The van der Waals surface area contributed by atoms with Crippen LogP contribution in [0.2, 0.25) is 0 Å². The largest absolute Gasteiger partial charge is 0.496 e. The highest BCUT2D eigenvalue weighted by atomic mass is 31.3. The third-order valence-electron chi connectivity index (χ3n) is 3.95. The van der Waals surface area contributed by atoms with Crippen LogP contribution < -0.4 is 11.2 Å². The van der Waals surface area contributed by atoms with E-state index < -0.39 is 59.8 Å². The van der Waals surface area contributed by atoms with Gasteiger partial charge in [-0.1, -0.05) is 6.58 Å². The fourth-order valence-electron chi connectivity index (χ4n) is 2.59. The second kappa shape index (κ2) is 10.2. The smallest absolute Gasteiger partial charge is 0.490 e. The molecule has 0 amide bonds. The molecule has 1 aromatic heterocycles. The quantitative estimate of drug-likeness (QED) is 0.232. The lowest BCUT2D eigenvalue weighted by molar-refractivity contribution is -0.0471. The molecular formula is C13H21N2O14P3. The van der Waals surface area contributed by atoms with E-state index in [2.05, 4.69) is 29.2 Å². The van der Waals surface area contributed by atoms with E-state index in [0.717, 1.165) is 10.8 Å². The minimum atomic E-state index is -5.56. The van der Waals surface area contributed by atoms with Crippen LogP contribution in [-0.2, 0) is 40.8 Å². The molecule has 0 saturated carbocycles. The van der Waals surface area contributed by atoms with Crippen molar-refractivity contribution in [2.24, 2.45) is 0 Å². The van der Waals surface area contributed by atoms with Gasteiger partial charge in [-0.3, -0.25) is 23.4 Å². The summed E-state index contributed by atoms with van der Waals surface area (Å²) in [5, 5.41) is 0. The molecule has 182 valence electrons. The van der Waals surface area contributed by atoms with Crippen LogP contribution in [0.15, 0.2) is 28.6 Å². The van der Waals surface area contributed by atoms with Crippen LogP contribution in [0.25, 0.3) is 0 Å². The molecule has 1 aromatic rings. The van der Waals surface area contributed by atoms with Crippen molar-refractivity contribution in [3.8, 4) is 0 Å². The third-order valence-corrected chi connectivity index (χ3v) is 8.19. The normalized spacial score (nSPS) is 26.6. The van der Waals surface area contributed by atoms with E-state index in [1.54, 1.807) is 0 Å². The molecular weight excluding hydrogens is 501 g/mol. The summed E-state index contributed by atoms with van der Waals surface area (Å²) in [5.74, 6) is 0. The highest BCUT2D eigenvalue weighted by Crippen LogP contribution is 2.67. The summed E-state index contributed by atoms with van der Waals surface area (Å²) >= 11 is 0. The summed E-state index contributed by atoms with van der Waals surface area (Å²) in [7, 11) is -15.2. The predicted octanol–water partition coefficient (Wildman–Crippen LogP) is 0.659. The van der Waals surface area contributed by atoms with Crippen molar-refractivity contribution in [3.63, 3.8) is 0 Å². The van der Waals surface area contributed by atoms with E-state index >= 15 is 0 Å². The van der Waals surface area contributed by atoms with E-state index in [1.807, 2.05) is 0 Å². The van der Waals surface area contributed by atoms with Crippen molar-refractivity contribution >= 4 is 23.5 Å². The Morgan fingerprint density at radius 1 is 1.22 bits per heavy atom. The third kappa shape index (κ3) is 7.30. The molecule has 4 unspecified atom stereocenters. The molecule has 0 bridgehead atoms. The van der Waals surface area contributed by atoms with E-state index in [9.17, 15) is 33.1 Å². The minimum Gasteiger partial charge on any atom is -0.496 e. The zero-order valence-electron chi connectivity index (χ0n) is 16.6. The highest BCUT2D eigenvalue weighted by molar-refractivity contribution is 7.66. The Kier molecular flexibility index (Phi) is 8.59. The molecule has 0 aromatic carbocycles. The first-order valence-corrected chi connectivity index (χ1v) is 13.0. The molecule has 2 rings (SSSR count). The highest BCUT2D eigenvalue weighted by Gasteiger charge is 2.44. The lowest BCUT2D eigenvalue weighted by Crippen LogP contribution is -2.33. The molecule has 6 atom stereocenters. The van der Waals surface area contributed by atoms with Crippen molar-refractivity contribution in [3.05, 3.63) is 45.4 Å². The monoisotopic (exact) mass is 522 g/mol. The summed E-state index contributed by atoms with van der Waals surface area (Å²) in [6.45, 7) is 4.10. The van der Waals surface area contributed by atoms with Gasteiger partial charge in [-0.15, -0.1) is 0 Å². The average Bonchev–Trinajstić information content (AvgIpc) is 3.04. The maximum Gasteiger partial charge on any atom is 0.490 e. The van der Waals surface area contributed by atoms with E-state index in [0.29, 0.717) is 7.11 Å². The number of phosphoric ester groups is 2. The summed E-state index contributed by atoms with van der Waals surface area (Å²) in [4.78, 5) is 53.8. The van der Waals surface area contributed by atoms with Gasteiger partial charge in [0, 0.05) is 25.3 Å². The van der Waals surface area contributed by atoms with E-state index in [-0.39, 0.29) is 12.0 Å². The molecule has 1 fully saturated rings. The van der Waals surface area contributed by atoms with Crippen LogP contribution in [-0.4, -0.2) is 50.2 Å². The molecule has 16 nitrogen and oxygen atoms in total. The lowest BCUT2D eigenvalue weighted by Gasteiger charge is -2.21. The number of H-pyrrole nitrogens is 1. The zero-order valence-corrected chi connectivity index (χ0v) is 19.3. The first-order valence-electron chi connectivity index (χ1n) is 8.54. The maximum atomic E-state index is 12.1. The van der Waals surface area contributed by atoms with Crippen molar-refractivity contribution in [2.75, 3.05) is 13.7 Å². The lowest BCUT2D eigenvalue weighted by atomic mass is 10.2. The van der Waals surface area contributed by atoms with Gasteiger partial charge in [-0.05, 0) is 6.92 Å². The SMILES string of the molecule is C=COC1C[C@H](n2cc(C)c(=O)[nH]c2=O)O[C@@H]1COP(=O)(O)OP(=O)(O)OP(=O)(O)OC. The number of aryl methyl sites for hydroxylation is 1. The molecule has 4 N–H and O–H groups in total. The molecule has 1 aliphatic rings. The Hall–Kier alpha value is -1.41. The average molecular weight is 522 g/mol. The van der Waals surface area contributed by atoms with Crippen LogP contribution in [0.4, 0.5) is 0 Å². The number of hydrogen-bond acceptors (Lipinski definition) is 11. The number of rotatable bonds is 11. The van der Waals surface area contributed by atoms with Gasteiger partial charge in [0.2, 0.25) is 0 Å². The molecule has 1 saturated heterocycles. The Bertz CT molecular complexity index is 1100. The van der Waals surface area contributed by atoms with E-state index in [4.69, 9.17) is 14.4 Å². The Morgan fingerprint density at radius 3 is 2.44 bits per heavy atom. The fourth-order valence-corrected chi connectivity index (χ4v) is 5.85. The fraction of sp³-hybridized carbons (Fsp3) is 0.538. The maximum absolute atomic E-state index is 12.1. The van der Waals surface area contributed by atoms with Gasteiger partial charge in [0.15, 0.2) is 0 Å². The van der Waals surface area contributed by atoms with Crippen LogP contribution in [0.3, 0.4) is 0 Å². The van der Waals surface area contributed by atoms with Crippen molar-refractivity contribution < 1.29 is 55.5 Å². The van der Waals surface area contributed by atoms with Crippen molar-refractivity contribution in [1.82, 2.24) is 9.55 Å². The van der Waals surface area contributed by atoms with E-state index in [1.165, 1.54) is 13.1 Å². The van der Waals surface area contributed by atoms with Gasteiger partial charge in [-0.2, -0.15) is 8.62 Å². The van der Waals surface area contributed by atoms with Crippen LogP contribution in [0.1, 0.15) is 18.2 Å². The van der Waals surface area contributed by atoms with Gasteiger partial charge in [0.25, 0.3) is 5.56 Å². The van der Waals surface area contributed by atoms with Crippen LogP contribution >= 0.6 is 23.5 Å². The second-order valence-electron chi connectivity index (χ2n) is 6.23. The summed E-state index contributed by atoms with van der Waals surface area (Å²) in [5.41, 5.74) is -1.14. The van der Waals surface area contributed by atoms with Gasteiger partial charge < -0.3 is 24.2 Å². The standard InChI is InChI=1S/C13H21N2O14P3/c1-4-25-9-5-11(15-6-8(2)12(16)14-13(15)17)27-10(9)7-26-31(20,21)29-32(22,23)28-30(18,19)24-3/h4,6,9-11H,1,5,7H2,2-3H3,(H,18,19)(H,20,21)(H,22,23)(H,14,16,17)/t9?,10-,11-/m1/s1. The Labute approximate surface area is 180 Å². The van der Waals surface area contributed by atoms with Gasteiger partial charge in [0.05, 0.1) is 12.9 Å². The molecule has 0 spiro atoms. The van der Waals surface area contributed by atoms with Crippen molar-refractivity contribution in [1.29, 1.82) is 0 Å². The summed E-state index contributed by atoms with van der Waals surface area (Å²) in [6, 6.07) is 0. The topological polar surface area (TPSA) is 222 Å². The second-order valence-corrected chi connectivity index (χ2v) is 11.0. The predicted molar refractivity (Wildman–Crippen MR) is 104 cm³/mol. The number of ether oxygens (including phenoxy) is 2. The number of aromatic amines is 1. The number of nitrogens with one attached hydrogen (secondary N) is 1. The summed E-state index contributed by atoms with van der Waals surface area (Å²) < 4.78 is 63.0. The molecule has 32 heavy (non-hydrogen) atoms. The Balaban J connectivity index is 2.11. The molecule has 2 heterocycles. The number of nitrogens with zero attached hydrogens (tertiary/aromatic N) is 1. The Morgan fingerprint density at radius 2 is 1.84 bits per heavy atom. The first kappa shape index (κ1) is 26.8. The molecule has 0 radical (unpaired) electrons. The van der Waals surface area contributed by atoms with Crippen molar-refractivity contribution in [2.45, 2.75) is 31.8 Å². The number of hydrogen-bond donors (Lipinski definition) is 4. The van der Waals surface area contributed by atoms with Gasteiger partial charge in [-0.25, -0.2) is 18.5 Å². The zero-order chi connectivity index (χ0) is 24.3.